The van der Waals surface area contributed by atoms with Gasteiger partial charge in [0, 0.05) is 6.92 Å². The van der Waals surface area contributed by atoms with Gasteiger partial charge in [-0.25, -0.2) is 9.63 Å². The van der Waals surface area contributed by atoms with Gasteiger partial charge in [0.15, 0.2) is 5.16 Å². The minimum absolute atomic E-state index is 0.146. The molecule has 0 unspecified atom stereocenters. The van der Waals surface area contributed by atoms with Crippen molar-refractivity contribution in [3.8, 4) is 0 Å². The Morgan fingerprint density at radius 2 is 1.94 bits per heavy atom. The summed E-state index contributed by atoms with van der Waals surface area (Å²) in [5.41, 5.74) is 0. The van der Waals surface area contributed by atoms with Gasteiger partial charge in [0.2, 0.25) is 0 Å². The van der Waals surface area contributed by atoms with Crippen LogP contribution in [0.5, 0.6) is 0 Å². The maximum absolute atomic E-state index is 10.6. The second-order valence-corrected chi connectivity index (χ2v) is 2.37. The fourth-order valence-electron chi connectivity index (χ4n) is 0.428. The standard InChI is InChI=1S/C7H11N3O6/c1-4-14-7(11)16-9-6(3)15-8-5(2)10(12)13/h4H2,1-3H3/b8-5+,9-6+. The SMILES string of the molecule is CCOC(=O)O/N=C(\C)O/N=C(\C)[N+](=O)[O-]. The number of amidine groups is 1. The van der Waals surface area contributed by atoms with Gasteiger partial charge in [-0.2, -0.15) is 0 Å². The predicted octanol–water partition coefficient (Wildman–Crippen LogP) is 1.12. The fraction of sp³-hybridized carbons (Fsp3) is 0.571. The van der Waals surface area contributed by atoms with Crippen molar-refractivity contribution in [1.29, 1.82) is 0 Å². The number of nitro groups is 1. The molecular weight excluding hydrogens is 222 g/mol. The maximum Gasteiger partial charge on any atom is 0.535 e. The predicted molar refractivity (Wildman–Crippen MR) is 52.4 cm³/mol. The molecule has 0 radical (unpaired) electrons. The van der Waals surface area contributed by atoms with Gasteiger partial charge in [0.05, 0.1) is 13.5 Å². The van der Waals surface area contributed by atoms with Gasteiger partial charge in [-0.3, -0.25) is 4.84 Å². The second kappa shape index (κ2) is 7.15. The summed E-state index contributed by atoms with van der Waals surface area (Å²) in [6, 6.07) is 0. The lowest BCUT2D eigenvalue weighted by molar-refractivity contribution is -0.353. The quantitative estimate of drug-likeness (QED) is 0.180. The summed E-state index contributed by atoms with van der Waals surface area (Å²) in [7, 11) is 0. The molecule has 0 aliphatic carbocycles. The van der Waals surface area contributed by atoms with Crippen LogP contribution < -0.4 is 0 Å². The van der Waals surface area contributed by atoms with Crippen LogP contribution in [0.25, 0.3) is 0 Å². The Morgan fingerprint density at radius 1 is 1.31 bits per heavy atom. The first kappa shape index (κ1) is 13.8. The molecule has 0 aromatic heterocycles. The van der Waals surface area contributed by atoms with Gasteiger partial charge < -0.3 is 14.9 Å². The van der Waals surface area contributed by atoms with E-state index in [1.807, 2.05) is 0 Å². The van der Waals surface area contributed by atoms with Crippen molar-refractivity contribution >= 4 is 17.9 Å². The number of nitrogens with zero attached hydrogens (tertiary/aromatic N) is 3. The molecule has 90 valence electrons. The second-order valence-electron chi connectivity index (χ2n) is 2.37. The lowest BCUT2D eigenvalue weighted by Crippen LogP contribution is -2.09. The largest absolute Gasteiger partial charge is 0.535 e. The molecule has 9 heteroatoms. The van der Waals surface area contributed by atoms with Crippen molar-refractivity contribution in [3.05, 3.63) is 10.1 Å². The first-order valence-electron chi connectivity index (χ1n) is 4.21. The van der Waals surface area contributed by atoms with Gasteiger partial charge in [0.1, 0.15) is 0 Å². The fourth-order valence-corrected chi connectivity index (χ4v) is 0.428. The lowest BCUT2D eigenvalue weighted by atomic mass is 10.7. The minimum Gasteiger partial charge on any atom is -0.433 e. The molecule has 9 nitrogen and oxygen atoms in total. The number of rotatable bonds is 3. The Labute approximate surface area is 90.8 Å². The number of ether oxygens (including phenoxy) is 1. The molecule has 0 saturated heterocycles. The Hall–Kier alpha value is -2.19. The molecule has 0 aromatic rings. The first-order valence-corrected chi connectivity index (χ1v) is 4.21. The van der Waals surface area contributed by atoms with Crippen molar-refractivity contribution in [2.75, 3.05) is 6.61 Å². The number of hydrogen-bond acceptors (Lipinski definition) is 8. The lowest BCUT2D eigenvalue weighted by Gasteiger charge is -1.96. The van der Waals surface area contributed by atoms with E-state index in [2.05, 4.69) is 24.7 Å². The highest BCUT2D eigenvalue weighted by molar-refractivity contribution is 5.76. The number of carbonyl (C=O) groups is 1. The van der Waals surface area contributed by atoms with E-state index in [4.69, 9.17) is 0 Å². The monoisotopic (exact) mass is 233 g/mol. The van der Waals surface area contributed by atoms with Crippen molar-refractivity contribution in [3.63, 3.8) is 0 Å². The van der Waals surface area contributed by atoms with Gasteiger partial charge >= 0.3 is 12.0 Å². The topological polar surface area (TPSA) is 113 Å². The molecule has 0 N–H and O–H groups in total. The zero-order valence-electron chi connectivity index (χ0n) is 9.00. The molecule has 0 rings (SSSR count). The van der Waals surface area contributed by atoms with E-state index in [9.17, 15) is 14.9 Å². The summed E-state index contributed by atoms with van der Waals surface area (Å²) in [6.45, 7) is 4.18. The highest BCUT2D eigenvalue weighted by Crippen LogP contribution is 1.90. The average Bonchev–Trinajstić information content (AvgIpc) is 2.23. The van der Waals surface area contributed by atoms with Crippen molar-refractivity contribution in [2.45, 2.75) is 20.8 Å². The van der Waals surface area contributed by atoms with E-state index >= 15 is 0 Å². The molecule has 16 heavy (non-hydrogen) atoms. The molecule has 0 bridgehead atoms. The van der Waals surface area contributed by atoms with E-state index < -0.39 is 16.9 Å². The molecule has 0 fully saturated rings. The van der Waals surface area contributed by atoms with Crippen LogP contribution in [0.4, 0.5) is 4.79 Å². The van der Waals surface area contributed by atoms with E-state index in [1.165, 1.54) is 6.92 Å². The summed E-state index contributed by atoms with van der Waals surface area (Å²) in [5.74, 6) is -0.625. The Bertz CT molecular complexity index is 324. The zero-order chi connectivity index (χ0) is 12.6. The van der Waals surface area contributed by atoms with Crippen LogP contribution in [-0.4, -0.2) is 29.4 Å². The molecule has 0 atom stereocenters. The number of carbonyl (C=O) groups excluding carboxylic acids is 1. The summed E-state index contributed by atoms with van der Waals surface area (Å²) in [4.78, 5) is 28.7. The Kier molecular flexibility index (Phi) is 6.17. The van der Waals surface area contributed by atoms with E-state index in [0.717, 1.165) is 6.92 Å². The summed E-state index contributed by atoms with van der Waals surface area (Å²) >= 11 is 0. The van der Waals surface area contributed by atoms with E-state index in [-0.39, 0.29) is 12.5 Å². The first-order chi connectivity index (χ1) is 7.47. The average molecular weight is 233 g/mol. The third-order valence-electron chi connectivity index (χ3n) is 1.09. The molecule has 0 aromatic carbocycles. The number of hydrogen-bond donors (Lipinski definition) is 0. The van der Waals surface area contributed by atoms with Crippen LogP contribution in [0.3, 0.4) is 0 Å². The van der Waals surface area contributed by atoms with E-state index in [1.54, 1.807) is 6.92 Å². The summed E-state index contributed by atoms with van der Waals surface area (Å²) < 4.78 is 4.39. The van der Waals surface area contributed by atoms with Crippen molar-refractivity contribution in [1.82, 2.24) is 0 Å². The van der Waals surface area contributed by atoms with Crippen LogP contribution in [-0.2, 0) is 14.4 Å². The zero-order valence-corrected chi connectivity index (χ0v) is 9.00. The normalized spacial score (nSPS) is 11.9. The number of oxime groups is 2. The Morgan fingerprint density at radius 3 is 2.44 bits per heavy atom. The van der Waals surface area contributed by atoms with Crippen LogP contribution in [0.15, 0.2) is 10.3 Å². The van der Waals surface area contributed by atoms with Gasteiger partial charge in [-0.05, 0) is 17.0 Å². The van der Waals surface area contributed by atoms with E-state index in [0.29, 0.717) is 0 Å². The highest BCUT2D eigenvalue weighted by Gasteiger charge is 2.07. The highest BCUT2D eigenvalue weighted by atomic mass is 16.8. The van der Waals surface area contributed by atoms with Crippen molar-refractivity contribution in [2.24, 2.45) is 10.3 Å². The Balaban J connectivity index is 4.11. The van der Waals surface area contributed by atoms with Gasteiger partial charge in [-0.1, -0.05) is 0 Å². The third-order valence-corrected chi connectivity index (χ3v) is 1.09. The smallest absolute Gasteiger partial charge is 0.433 e. The van der Waals surface area contributed by atoms with Crippen LogP contribution in [0, 0.1) is 10.1 Å². The van der Waals surface area contributed by atoms with Gasteiger partial charge in [-0.15, -0.1) is 0 Å². The minimum atomic E-state index is -1.000. The summed E-state index contributed by atoms with van der Waals surface area (Å²) in [5, 5.41) is 16.4. The molecule has 0 amide bonds. The summed E-state index contributed by atoms with van der Waals surface area (Å²) in [6.07, 6.45) is -1.000. The van der Waals surface area contributed by atoms with Crippen LogP contribution >= 0.6 is 0 Å². The van der Waals surface area contributed by atoms with Crippen LogP contribution in [0.1, 0.15) is 20.8 Å². The molecule has 0 spiro atoms. The molecule has 0 heterocycles. The van der Waals surface area contributed by atoms with Crippen LogP contribution in [0.2, 0.25) is 0 Å². The molecule has 0 aliphatic heterocycles. The van der Waals surface area contributed by atoms with Gasteiger partial charge in [0.25, 0.3) is 5.90 Å². The molecule has 0 aliphatic rings. The van der Waals surface area contributed by atoms with Crippen molar-refractivity contribution < 1.29 is 24.1 Å². The maximum atomic E-state index is 10.6. The molecule has 0 saturated carbocycles. The third kappa shape index (κ3) is 6.29. The molecular formula is C7H11N3O6.